The van der Waals surface area contributed by atoms with Gasteiger partial charge in [-0.1, -0.05) is 30.3 Å². The number of quaternary nitrogens is 1. The van der Waals surface area contributed by atoms with Crippen molar-refractivity contribution in [2.75, 3.05) is 6.54 Å². The average Bonchev–Trinajstić information content (AvgIpc) is 2.94. The fourth-order valence-electron chi connectivity index (χ4n) is 3.23. The number of nitrogens with one attached hydrogen (secondary N) is 2. The second-order valence-electron chi connectivity index (χ2n) is 5.48. The molecule has 0 amide bonds. The first-order chi connectivity index (χ1) is 10.4. The molecule has 0 aliphatic carbocycles. The highest BCUT2D eigenvalue weighted by Crippen LogP contribution is 2.33. The van der Waals surface area contributed by atoms with Crippen molar-refractivity contribution in [1.29, 1.82) is 0 Å². The van der Waals surface area contributed by atoms with E-state index in [0.29, 0.717) is 5.69 Å². The van der Waals surface area contributed by atoms with E-state index >= 15 is 0 Å². The first-order valence-electron chi connectivity index (χ1n) is 7.25. The monoisotopic (exact) mass is 279 g/mol. The number of hydrogen-bond donors (Lipinski definition) is 3. The minimum Gasteiger partial charge on any atom is -0.630 e. The minimum absolute atomic E-state index is 0.168. The molecule has 0 spiro atoms. The van der Waals surface area contributed by atoms with Crippen molar-refractivity contribution in [3.63, 3.8) is 0 Å². The third-order valence-corrected chi connectivity index (χ3v) is 4.26. The predicted molar refractivity (Wildman–Crippen MR) is 83.2 cm³/mol. The second kappa shape index (κ2) is 5.00. The van der Waals surface area contributed by atoms with Crippen molar-refractivity contribution < 1.29 is 5.48 Å². The van der Waals surface area contributed by atoms with Crippen LogP contribution in [0.3, 0.4) is 0 Å². The lowest BCUT2D eigenvalue weighted by Crippen LogP contribution is -2.70. The quantitative estimate of drug-likeness (QED) is 0.497. The molecule has 4 heteroatoms. The normalized spacial score (nSPS) is 17.9. The van der Waals surface area contributed by atoms with Crippen LogP contribution in [0.15, 0.2) is 48.5 Å². The third-order valence-electron chi connectivity index (χ3n) is 4.26. The summed E-state index contributed by atoms with van der Waals surface area (Å²) in [6.07, 6.45) is 1.04. The summed E-state index contributed by atoms with van der Waals surface area (Å²) < 4.78 is 0. The van der Waals surface area contributed by atoms with Crippen LogP contribution in [0.4, 0.5) is 5.69 Å². The van der Waals surface area contributed by atoms with E-state index in [4.69, 9.17) is 0 Å². The van der Waals surface area contributed by atoms with E-state index in [1.165, 1.54) is 27.7 Å². The van der Waals surface area contributed by atoms with Gasteiger partial charge in [-0.2, -0.15) is 0 Å². The zero-order valence-electron chi connectivity index (χ0n) is 11.6. The maximum absolute atomic E-state index is 10.8. The summed E-state index contributed by atoms with van der Waals surface area (Å²) in [6.45, 7) is 0.967. The molecule has 21 heavy (non-hydrogen) atoms. The Hall–Kier alpha value is -2.14. The number of para-hydroxylation sites is 1. The number of benzene rings is 2. The van der Waals surface area contributed by atoms with Crippen LogP contribution >= 0.6 is 0 Å². The van der Waals surface area contributed by atoms with Gasteiger partial charge in [-0.3, -0.25) is 0 Å². The Morgan fingerprint density at radius 2 is 1.86 bits per heavy atom. The van der Waals surface area contributed by atoms with Crippen molar-refractivity contribution in [1.82, 2.24) is 10.3 Å². The minimum atomic E-state index is 0.168. The summed E-state index contributed by atoms with van der Waals surface area (Å²) in [4.78, 5) is 3.56. The van der Waals surface area contributed by atoms with E-state index in [2.05, 4.69) is 34.6 Å². The van der Waals surface area contributed by atoms with Gasteiger partial charge in [0, 0.05) is 23.1 Å². The Morgan fingerprint density at radius 1 is 1.05 bits per heavy atom. The Labute approximate surface area is 122 Å². The fraction of sp³-hybridized carbons (Fsp3) is 0.176. The van der Waals surface area contributed by atoms with Crippen LogP contribution in [0.2, 0.25) is 0 Å². The van der Waals surface area contributed by atoms with Gasteiger partial charge < -0.3 is 21.0 Å². The number of nitrogens with two attached hydrogens (primary N) is 1. The number of H-pyrrole nitrogens is 1. The van der Waals surface area contributed by atoms with E-state index in [1.54, 1.807) is 0 Å². The van der Waals surface area contributed by atoms with Crippen LogP contribution < -0.4 is 10.8 Å². The SMILES string of the molecule is [O-][NH2+]c1ccc(C2NCCc3c2[nH]c2ccccc32)cc1. The molecule has 3 aromatic rings. The number of fused-ring (bicyclic) bond motifs is 3. The fourth-order valence-corrected chi connectivity index (χ4v) is 3.23. The van der Waals surface area contributed by atoms with Crippen LogP contribution in [0.1, 0.15) is 22.9 Å². The highest BCUT2D eigenvalue weighted by atomic mass is 16.5. The summed E-state index contributed by atoms with van der Waals surface area (Å²) in [5.74, 6) is 0. The summed E-state index contributed by atoms with van der Waals surface area (Å²) >= 11 is 0. The first kappa shape index (κ1) is 12.6. The van der Waals surface area contributed by atoms with E-state index in [0.717, 1.165) is 18.4 Å². The largest absolute Gasteiger partial charge is 0.630 e. The summed E-state index contributed by atoms with van der Waals surface area (Å²) in [5.41, 5.74) is 6.64. The van der Waals surface area contributed by atoms with Crippen LogP contribution in [-0.4, -0.2) is 11.5 Å². The van der Waals surface area contributed by atoms with E-state index in [-0.39, 0.29) is 6.04 Å². The van der Waals surface area contributed by atoms with Gasteiger partial charge in [0.15, 0.2) is 0 Å². The summed E-state index contributed by atoms with van der Waals surface area (Å²) in [6, 6.07) is 16.4. The van der Waals surface area contributed by atoms with Crippen LogP contribution in [0.5, 0.6) is 0 Å². The lowest BCUT2D eigenvalue weighted by atomic mass is 9.94. The van der Waals surface area contributed by atoms with Crippen molar-refractivity contribution in [3.05, 3.63) is 70.6 Å². The maximum atomic E-state index is 10.8. The summed E-state index contributed by atoms with van der Waals surface area (Å²) in [5, 5.41) is 15.7. The van der Waals surface area contributed by atoms with Crippen LogP contribution in [-0.2, 0) is 6.42 Å². The van der Waals surface area contributed by atoms with E-state index in [1.807, 2.05) is 24.3 Å². The predicted octanol–water partition coefficient (Wildman–Crippen LogP) is 2.10. The van der Waals surface area contributed by atoms with Gasteiger partial charge in [-0.25, -0.2) is 0 Å². The standard InChI is InChI=1S/C17H17N3O/c21-20-12-7-5-11(6-8-12)16-17-14(9-10-18-16)13-3-1-2-4-15(13)19-17/h1-8,16,18-19H,9-10,20H2. The molecule has 0 radical (unpaired) electrons. The van der Waals surface area contributed by atoms with Crippen LogP contribution in [0, 0.1) is 5.21 Å². The Bertz CT molecular complexity index is 776. The zero-order chi connectivity index (χ0) is 14.2. The molecule has 2 aromatic carbocycles. The van der Waals surface area contributed by atoms with Gasteiger partial charge in [0.25, 0.3) is 0 Å². The number of rotatable bonds is 2. The van der Waals surface area contributed by atoms with Gasteiger partial charge in [-0.15, -0.1) is 0 Å². The molecule has 1 aliphatic rings. The Balaban J connectivity index is 1.82. The molecule has 1 aliphatic heterocycles. The van der Waals surface area contributed by atoms with Gasteiger partial charge >= 0.3 is 0 Å². The molecule has 1 unspecified atom stereocenters. The number of hydrogen-bond acceptors (Lipinski definition) is 2. The molecule has 1 atom stereocenters. The molecule has 0 fully saturated rings. The molecule has 106 valence electrons. The van der Waals surface area contributed by atoms with Crippen molar-refractivity contribution >= 4 is 16.6 Å². The molecule has 0 saturated heterocycles. The molecular formula is C17H17N3O. The van der Waals surface area contributed by atoms with Crippen molar-refractivity contribution in [3.8, 4) is 0 Å². The lowest BCUT2D eigenvalue weighted by molar-refractivity contribution is -0.497. The van der Waals surface area contributed by atoms with Gasteiger partial charge in [0.1, 0.15) is 5.69 Å². The third kappa shape index (κ3) is 2.05. The molecule has 0 saturated carbocycles. The van der Waals surface area contributed by atoms with Crippen LogP contribution in [0.25, 0.3) is 10.9 Å². The smallest absolute Gasteiger partial charge is 0.129 e. The summed E-state index contributed by atoms with van der Waals surface area (Å²) in [7, 11) is 0. The second-order valence-corrected chi connectivity index (χ2v) is 5.48. The van der Waals surface area contributed by atoms with Gasteiger partial charge in [0.2, 0.25) is 0 Å². The maximum Gasteiger partial charge on any atom is 0.129 e. The average molecular weight is 279 g/mol. The Kier molecular flexibility index (Phi) is 3.00. The highest BCUT2D eigenvalue weighted by molar-refractivity contribution is 5.85. The number of aromatic amines is 1. The van der Waals surface area contributed by atoms with Gasteiger partial charge in [-0.05, 0) is 35.7 Å². The molecule has 1 aromatic heterocycles. The molecule has 2 heterocycles. The lowest BCUT2D eigenvalue weighted by Gasteiger charge is -2.25. The topological polar surface area (TPSA) is 67.5 Å². The zero-order valence-corrected chi connectivity index (χ0v) is 11.6. The molecule has 4 nitrogen and oxygen atoms in total. The molecule has 4 rings (SSSR count). The molecule has 4 N–H and O–H groups in total. The highest BCUT2D eigenvalue weighted by Gasteiger charge is 2.24. The van der Waals surface area contributed by atoms with E-state index < -0.39 is 0 Å². The number of aromatic nitrogens is 1. The molecule has 0 bridgehead atoms. The van der Waals surface area contributed by atoms with Gasteiger partial charge in [0.05, 0.1) is 6.04 Å². The van der Waals surface area contributed by atoms with Crippen molar-refractivity contribution in [2.45, 2.75) is 12.5 Å². The first-order valence-corrected chi connectivity index (χ1v) is 7.25. The Morgan fingerprint density at radius 3 is 2.67 bits per heavy atom. The van der Waals surface area contributed by atoms with Crippen molar-refractivity contribution in [2.24, 2.45) is 0 Å². The molecular weight excluding hydrogens is 262 g/mol. The van der Waals surface area contributed by atoms with E-state index in [9.17, 15) is 5.21 Å².